The van der Waals surface area contributed by atoms with Crippen molar-refractivity contribution >= 4 is 22.6 Å². The summed E-state index contributed by atoms with van der Waals surface area (Å²) in [6.07, 6.45) is 0. The third-order valence-corrected chi connectivity index (χ3v) is 4.86. The van der Waals surface area contributed by atoms with E-state index < -0.39 is 0 Å². The number of nitrogens with one attached hydrogen (secondary N) is 1. The Hall–Kier alpha value is -3.54. The zero-order chi connectivity index (χ0) is 20.4. The second-order valence-corrected chi connectivity index (χ2v) is 7.31. The Morgan fingerprint density at radius 3 is 2.45 bits per heavy atom. The molecule has 1 heterocycles. The number of nitrogens with zero attached hydrogens (tertiary/aromatic N) is 3. The molecule has 6 heteroatoms. The van der Waals surface area contributed by atoms with Gasteiger partial charge in [0.2, 0.25) is 0 Å². The summed E-state index contributed by atoms with van der Waals surface area (Å²) in [6.45, 7) is 4.74. The van der Waals surface area contributed by atoms with E-state index in [9.17, 15) is 9.18 Å². The normalized spacial score (nSPS) is 11.2. The lowest BCUT2D eigenvalue weighted by atomic mass is 10.0. The van der Waals surface area contributed by atoms with Crippen molar-refractivity contribution in [2.24, 2.45) is 0 Å². The van der Waals surface area contributed by atoms with Crippen LogP contribution in [-0.2, 0) is 6.54 Å². The van der Waals surface area contributed by atoms with Crippen LogP contribution in [0.4, 0.5) is 10.1 Å². The number of hydrogen-bond acceptors (Lipinski definition) is 3. The van der Waals surface area contributed by atoms with Gasteiger partial charge in [-0.25, -0.2) is 9.07 Å². The van der Waals surface area contributed by atoms with Gasteiger partial charge in [0.15, 0.2) is 0 Å². The molecule has 3 aromatic carbocycles. The number of anilines is 1. The SMILES string of the molecule is CC(C)c1ccc(NC(=O)c2ccc3c(c2)nnn3Cc2ccc(F)cc2)cc1. The van der Waals surface area contributed by atoms with Gasteiger partial charge < -0.3 is 5.32 Å². The fourth-order valence-corrected chi connectivity index (χ4v) is 3.15. The lowest BCUT2D eigenvalue weighted by Crippen LogP contribution is -2.11. The first kappa shape index (κ1) is 18.8. The average molecular weight is 388 g/mol. The van der Waals surface area contributed by atoms with Gasteiger partial charge >= 0.3 is 0 Å². The largest absolute Gasteiger partial charge is 0.322 e. The van der Waals surface area contributed by atoms with Crippen LogP contribution in [0.3, 0.4) is 0 Å². The molecule has 0 aliphatic carbocycles. The van der Waals surface area contributed by atoms with Gasteiger partial charge in [-0.05, 0) is 59.5 Å². The first-order chi connectivity index (χ1) is 14.0. The molecule has 0 aliphatic heterocycles. The van der Waals surface area contributed by atoms with E-state index in [1.807, 2.05) is 30.3 Å². The number of amides is 1. The Morgan fingerprint density at radius 1 is 1.03 bits per heavy atom. The van der Waals surface area contributed by atoms with E-state index in [1.165, 1.54) is 17.7 Å². The van der Waals surface area contributed by atoms with Crippen molar-refractivity contribution < 1.29 is 9.18 Å². The smallest absolute Gasteiger partial charge is 0.255 e. The number of carbonyl (C=O) groups excluding carboxylic acids is 1. The van der Waals surface area contributed by atoms with Gasteiger partial charge in [0.1, 0.15) is 11.3 Å². The van der Waals surface area contributed by atoms with Gasteiger partial charge in [0.25, 0.3) is 5.91 Å². The minimum Gasteiger partial charge on any atom is -0.322 e. The topological polar surface area (TPSA) is 59.8 Å². The van der Waals surface area contributed by atoms with Gasteiger partial charge in [0, 0.05) is 11.3 Å². The molecular weight excluding hydrogens is 367 g/mol. The second-order valence-electron chi connectivity index (χ2n) is 7.31. The van der Waals surface area contributed by atoms with Crippen molar-refractivity contribution in [3.63, 3.8) is 0 Å². The highest BCUT2D eigenvalue weighted by atomic mass is 19.1. The first-order valence-corrected chi connectivity index (χ1v) is 9.48. The van der Waals surface area contributed by atoms with Crippen LogP contribution >= 0.6 is 0 Å². The molecule has 4 rings (SSSR count). The van der Waals surface area contributed by atoms with E-state index in [2.05, 4.69) is 29.5 Å². The molecule has 0 saturated heterocycles. The summed E-state index contributed by atoms with van der Waals surface area (Å²) in [4.78, 5) is 12.6. The molecule has 0 radical (unpaired) electrons. The zero-order valence-corrected chi connectivity index (χ0v) is 16.3. The number of rotatable bonds is 5. The van der Waals surface area contributed by atoms with Gasteiger partial charge in [-0.1, -0.05) is 43.3 Å². The molecule has 0 atom stereocenters. The van der Waals surface area contributed by atoms with Gasteiger partial charge in [0.05, 0.1) is 12.1 Å². The molecule has 5 nitrogen and oxygen atoms in total. The summed E-state index contributed by atoms with van der Waals surface area (Å²) in [5.74, 6) is -0.0244. The van der Waals surface area contributed by atoms with Crippen LogP contribution < -0.4 is 5.32 Å². The predicted octanol–water partition coefficient (Wildman–Crippen LogP) is 4.99. The Balaban J connectivity index is 1.51. The molecule has 0 unspecified atom stereocenters. The Morgan fingerprint density at radius 2 is 1.76 bits per heavy atom. The maximum atomic E-state index is 13.1. The Kier molecular flexibility index (Phi) is 5.08. The fourth-order valence-electron chi connectivity index (χ4n) is 3.15. The lowest BCUT2D eigenvalue weighted by Gasteiger charge is -2.08. The second kappa shape index (κ2) is 7.83. The molecular formula is C23H21FN4O. The number of hydrogen-bond donors (Lipinski definition) is 1. The molecule has 1 aromatic heterocycles. The quantitative estimate of drug-likeness (QED) is 0.524. The van der Waals surface area contributed by atoms with E-state index in [0.717, 1.165) is 16.8 Å². The summed E-state index contributed by atoms with van der Waals surface area (Å²) >= 11 is 0. The molecule has 1 amide bonds. The summed E-state index contributed by atoms with van der Waals surface area (Å²) in [5.41, 5.74) is 4.85. The molecule has 0 bridgehead atoms. The third-order valence-electron chi connectivity index (χ3n) is 4.86. The predicted molar refractivity (Wildman–Crippen MR) is 112 cm³/mol. The highest BCUT2D eigenvalue weighted by molar-refractivity contribution is 6.05. The van der Waals surface area contributed by atoms with Crippen LogP contribution in [0.25, 0.3) is 11.0 Å². The summed E-state index contributed by atoms with van der Waals surface area (Å²) in [6, 6.07) is 19.4. The molecule has 0 spiro atoms. The summed E-state index contributed by atoms with van der Waals surface area (Å²) in [5, 5.41) is 11.2. The van der Waals surface area contributed by atoms with Crippen LogP contribution in [-0.4, -0.2) is 20.9 Å². The number of halogens is 1. The maximum absolute atomic E-state index is 13.1. The summed E-state index contributed by atoms with van der Waals surface area (Å²) in [7, 11) is 0. The van der Waals surface area contributed by atoms with Gasteiger partial charge in [-0.15, -0.1) is 5.10 Å². The van der Waals surface area contributed by atoms with E-state index in [0.29, 0.717) is 23.5 Å². The highest BCUT2D eigenvalue weighted by Gasteiger charge is 2.11. The molecule has 0 aliphatic rings. The van der Waals surface area contributed by atoms with Crippen molar-refractivity contribution in [3.05, 3.63) is 89.2 Å². The fraction of sp³-hybridized carbons (Fsp3) is 0.174. The number of carbonyl (C=O) groups is 1. The van der Waals surface area contributed by atoms with E-state index >= 15 is 0 Å². The lowest BCUT2D eigenvalue weighted by molar-refractivity contribution is 0.102. The molecule has 146 valence electrons. The van der Waals surface area contributed by atoms with Crippen molar-refractivity contribution in [2.45, 2.75) is 26.3 Å². The van der Waals surface area contributed by atoms with Gasteiger partial charge in [-0.3, -0.25) is 4.79 Å². The molecule has 0 saturated carbocycles. The Labute approximate surface area is 168 Å². The first-order valence-electron chi connectivity index (χ1n) is 9.48. The zero-order valence-electron chi connectivity index (χ0n) is 16.3. The van der Waals surface area contributed by atoms with Crippen LogP contribution in [0.5, 0.6) is 0 Å². The number of benzene rings is 3. The van der Waals surface area contributed by atoms with E-state index in [4.69, 9.17) is 0 Å². The minimum atomic E-state index is -0.272. The Bertz CT molecular complexity index is 1150. The number of aromatic nitrogens is 3. The standard InChI is InChI=1S/C23H21FN4O/c1-15(2)17-5-10-20(11-6-17)25-23(29)18-7-12-22-21(13-18)26-27-28(22)14-16-3-8-19(24)9-4-16/h3-13,15H,14H2,1-2H3,(H,25,29). The van der Waals surface area contributed by atoms with Crippen molar-refractivity contribution in [2.75, 3.05) is 5.32 Å². The average Bonchev–Trinajstić information content (AvgIpc) is 3.12. The summed E-state index contributed by atoms with van der Waals surface area (Å²) < 4.78 is 14.8. The number of fused-ring (bicyclic) bond motifs is 1. The molecule has 0 fully saturated rings. The van der Waals surface area contributed by atoms with Crippen molar-refractivity contribution in [3.8, 4) is 0 Å². The molecule has 4 aromatic rings. The maximum Gasteiger partial charge on any atom is 0.255 e. The van der Waals surface area contributed by atoms with Gasteiger partial charge in [-0.2, -0.15) is 0 Å². The van der Waals surface area contributed by atoms with E-state index in [1.54, 1.807) is 28.9 Å². The van der Waals surface area contributed by atoms with Crippen LogP contribution in [0.1, 0.15) is 41.3 Å². The van der Waals surface area contributed by atoms with Crippen LogP contribution in [0.2, 0.25) is 0 Å². The van der Waals surface area contributed by atoms with Crippen LogP contribution in [0, 0.1) is 5.82 Å². The van der Waals surface area contributed by atoms with E-state index in [-0.39, 0.29) is 11.7 Å². The van der Waals surface area contributed by atoms with Crippen molar-refractivity contribution in [1.29, 1.82) is 0 Å². The molecule has 29 heavy (non-hydrogen) atoms. The van der Waals surface area contributed by atoms with Crippen molar-refractivity contribution in [1.82, 2.24) is 15.0 Å². The third kappa shape index (κ3) is 4.16. The molecule has 1 N–H and O–H groups in total. The van der Waals surface area contributed by atoms with Crippen LogP contribution in [0.15, 0.2) is 66.7 Å². The monoisotopic (exact) mass is 388 g/mol. The highest BCUT2D eigenvalue weighted by Crippen LogP contribution is 2.19. The minimum absolute atomic E-state index is 0.197.